The Bertz CT molecular complexity index is 264. The van der Waals surface area contributed by atoms with Gasteiger partial charge in [-0.1, -0.05) is 96.3 Å². The van der Waals surface area contributed by atoms with Crippen molar-refractivity contribution in [3.8, 4) is 0 Å². The van der Waals surface area contributed by atoms with Crippen LogP contribution in [0.5, 0.6) is 0 Å². The molecule has 0 rings (SSSR count). The molecule has 3 nitrogen and oxygen atoms in total. The van der Waals surface area contributed by atoms with E-state index in [2.05, 4.69) is 0 Å². The molecule has 24 heavy (non-hydrogen) atoms. The molecule has 0 heterocycles. The van der Waals surface area contributed by atoms with Gasteiger partial charge in [-0.25, -0.2) is 0 Å². The second-order valence-corrected chi connectivity index (χ2v) is 7.42. The van der Waals surface area contributed by atoms with E-state index in [1.165, 1.54) is 89.9 Å². The molecule has 0 fully saturated rings. The average Bonchev–Trinajstić information content (AvgIpc) is 2.53. The van der Waals surface area contributed by atoms with Gasteiger partial charge in [0.05, 0.1) is 6.10 Å². The molecule has 0 saturated heterocycles. The number of unbranched alkanes of at least 4 members (excludes halogenated alkanes) is 15. The van der Waals surface area contributed by atoms with Crippen molar-refractivity contribution in [1.29, 1.82) is 0 Å². The van der Waals surface area contributed by atoms with E-state index in [4.69, 9.17) is 0 Å². The quantitative estimate of drug-likeness (QED) is 0.331. The fraction of sp³-hybridized carbons (Fsp3) is 0.952. The van der Waals surface area contributed by atoms with Crippen molar-refractivity contribution < 1.29 is 15.0 Å². The van der Waals surface area contributed by atoms with Crippen molar-refractivity contribution in [3.63, 3.8) is 0 Å². The molecule has 1 N–H and O–H groups in total. The topological polar surface area (TPSA) is 60.4 Å². The summed E-state index contributed by atoms with van der Waals surface area (Å²) < 4.78 is 0. The maximum atomic E-state index is 10.3. The predicted octanol–water partition coefficient (Wildman–Crippen LogP) is 5.14. The summed E-state index contributed by atoms with van der Waals surface area (Å²) in [5, 5.41) is 19.4. The Labute approximate surface area is 150 Å². The van der Waals surface area contributed by atoms with Gasteiger partial charge >= 0.3 is 0 Å². The first-order valence-electron chi connectivity index (χ1n) is 10.5. The van der Waals surface area contributed by atoms with Gasteiger partial charge in [-0.05, 0) is 26.2 Å². The van der Waals surface area contributed by atoms with Crippen LogP contribution in [-0.2, 0) is 4.79 Å². The third kappa shape index (κ3) is 21.4. The molecule has 0 aromatic carbocycles. The lowest BCUT2D eigenvalue weighted by atomic mass is 10.0. The number of hydrogen-bond acceptors (Lipinski definition) is 3. The van der Waals surface area contributed by atoms with Gasteiger partial charge in [0.15, 0.2) is 0 Å². The lowest BCUT2D eigenvalue weighted by Gasteiger charge is -2.05. The molecule has 144 valence electrons. The molecule has 0 aliphatic rings. The van der Waals surface area contributed by atoms with Crippen LogP contribution >= 0.6 is 0 Å². The third-order valence-corrected chi connectivity index (χ3v) is 4.75. The summed E-state index contributed by atoms with van der Waals surface area (Å²) in [5.41, 5.74) is 0. The average molecular weight is 342 g/mol. The summed E-state index contributed by atoms with van der Waals surface area (Å²) in [4.78, 5) is 10.3. The Balaban J connectivity index is 2.99. The van der Waals surface area contributed by atoms with E-state index in [0.717, 1.165) is 19.3 Å². The van der Waals surface area contributed by atoms with Crippen LogP contribution in [0.2, 0.25) is 0 Å². The molecule has 0 aliphatic heterocycles. The molecule has 0 spiro atoms. The lowest BCUT2D eigenvalue weighted by molar-refractivity contribution is -0.305. The lowest BCUT2D eigenvalue weighted by Crippen LogP contribution is -2.21. The largest absolute Gasteiger partial charge is 0.550 e. The molecular formula is C21H41O3-. The highest BCUT2D eigenvalue weighted by atomic mass is 16.4. The predicted molar refractivity (Wildman–Crippen MR) is 99.8 cm³/mol. The zero-order valence-corrected chi connectivity index (χ0v) is 16.1. The molecule has 0 aromatic rings. The Kier molecular flexibility index (Phi) is 18.3. The van der Waals surface area contributed by atoms with Gasteiger partial charge in [0, 0.05) is 5.97 Å². The first-order chi connectivity index (χ1) is 11.6. The van der Waals surface area contributed by atoms with Gasteiger partial charge in [0.25, 0.3) is 0 Å². The second kappa shape index (κ2) is 18.8. The highest BCUT2D eigenvalue weighted by molar-refractivity contribution is 5.63. The molecule has 0 aliphatic carbocycles. The highest BCUT2D eigenvalue weighted by Gasteiger charge is 1.97. The van der Waals surface area contributed by atoms with Crippen molar-refractivity contribution in [2.45, 2.75) is 129 Å². The summed E-state index contributed by atoms with van der Waals surface area (Å²) in [5.74, 6) is -0.911. The molecule has 3 heteroatoms. The van der Waals surface area contributed by atoms with Gasteiger partial charge in [-0.15, -0.1) is 0 Å². The van der Waals surface area contributed by atoms with Gasteiger partial charge in [0.1, 0.15) is 0 Å². The number of carbonyl (C=O) groups excluding carboxylic acids is 1. The van der Waals surface area contributed by atoms with Gasteiger partial charge in [-0.3, -0.25) is 0 Å². The Morgan fingerprint density at radius 1 is 0.667 bits per heavy atom. The van der Waals surface area contributed by atoms with Gasteiger partial charge in [-0.2, -0.15) is 0 Å². The number of aliphatic carboxylic acids is 1. The van der Waals surface area contributed by atoms with Crippen molar-refractivity contribution in [1.82, 2.24) is 0 Å². The summed E-state index contributed by atoms with van der Waals surface area (Å²) in [6, 6.07) is 0. The minimum Gasteiger partial charge on any atom is -0.550 e. The summed E-state index contributed by atoms with van der Waals surface area (Å²) in [6.45, 7) is 1.88. The van der Waals surface area contributed by atoms with Crippen molar-refractivity contribution >= 4 is 5.97 Å². The molecule has 0 saturated carbocycles. The van der Waals surface area contributed by atoms with Crippen LogP contribution in [0, 0.1) is 0 Å². The SMILES string of the molecule is CC(O)CCCCCCCCCCCCCCCCCCC(=O)[O-]. The number of carboxylic acid groups (broad SMARTS) is 1. The van der Waals surface area contributed by atoms with Crippen LogP contribution < -0.4 is 5.11 Å². The number of rotatable bonds is 19. The minimum absolute atomic E-state index is 0.125. The van der Waals surface area contributed by atoms with Gasteiger partial charge in [0.2, 0.25) is 0 Å². The standard InChI is InChI=1S/C21H42O3/c1-20(22)18-16-14-12-10-8-6-4-2-3-5-7-9-11-13-15-17-19-21(23)24/h20,22H,2-19H2,1H3,(H,23,24)/p-1. The fourth-order valence-electron chi connectivity index (χ4n) is 3.18. The molecule has 0 radical (unpaired) electrons. The molecule has 1 atom stereocenters. The van der Waals surface area contributed by atoms with Crippen LogP contribution in [0.1, 0.15) is 122 Å². The van der Waals surface area contributed by atoms with E-state index < -0.39 is 5.97 Å². The molecule has 0 amide bonds. The monoisotopic (exact) mass is 341 g/mol. The van der Waals surface area contributed by atoms with Crippen molar-refractivity contribution in [2.24, 2.45) is 0 Å². The number of aliphatic hydroxyl groups is 1. The third-order valence-electron chi connectivity index (χ3n) is 4.75. The minimum atomic E-state index is -0.911. The highest BCUT2D eigenvalue weighted by Crippen LogP contribution is 2.14. The van der Waals surface area contributed by atoms with Crippen molar-refractivity contribution in [3.05, 3.63) is 0 Å². The Morgan fingerprint density at radius 3 is 1.25 bits per heavy atom. The van der Waals surface area contributed by atoms with E-state index in [-0.39, 0.29) is 12.5 Å². The smallest absolute Gasteiger partial charge is 0.0512 e. The van der Waals surface area contributed by atoms with Crippen LogP contribution in [0.15, 0.2) is 0 Å². The molecule has 1 unspecified atom stereocenters. The second-order valence-electron chi connectivity index (χ2n) is 7.42. The van der Waals surface area contributed by atoms with E-state index in [1.54, 1.807) is 0 Å². The van der Waals surface area contributed by atoms with Crippen LogP contribution in [-0.4, -0.2) is 17.2 Å². The van der Waals surface area contributed by atoms with E-state index in [9.17, 15) is 15.0 Å². The Hall–Kier alpha value is -0.570. The maximum Gasteiger partial charge on any atom is 0.0512 e. The summed E-state index contributed by atoms with van der Waals surface area (Å²) in [6.07, 6.45) is 21.3. The Morgan fingerprint density at radius 2 is 0.958 bits per heavy atom. The summed E-state index contributed by atoms with van der Waals surface area (Å²) >= 11 is 0. The fourth-order valence-corrected chi connectivity index (χ4v) is 3.18. The zero-order chi connectivity index (χ0) is 17.9. The number of aliphatic hydroxyl groups excluding tert-OH is 1. The zero-order valence-electron chi connectivity index (χ0n) is 16.1. The first-order valence-corrected chi connectivity index (χ1v) is 10.5. The number of hydrogen-bond donors (Lipinski definition) is 1. The van der Waals surface area contributed by atoms with E-state index in [0.29, 0.717) is 0 Å². The first kappa shape index (κ1) is 23.4. The molecule has 0 bridgehead atoms. The van der Waals surface area contributed by atoms with E-state index in [1.807, 2.05) is 6.92 Å². The molecular weight excluding hydrogens is 300 g/mol. The van der Waals surface area contributed by atoms with Gasteiger partial charge < -0.3 is 15.0 Å². The molecule has 0 aromatic heterocycles. The van der Waals surface area contributed by atoms with Crippen molar-refractivity contribution in [2.75, 3.05) is 0 Å². The maximum absolute atomic E-state index is 10.3. The van der Waals surface area contributed by atoms with Crippen LogP contribution in [0.3, 0.4) is 0 Å². The normalized spacial score (nSPS) is 12.4. The van der Waals surface area contributed by atoms with Crippen LogP contribution in [0.4, 0.5) is 0 Å². The summed E-state index contributed by atoms with van der Waals surface area (Å²) in [7, 11) is 0. The number of carboxylic acids is 1. The number of carbonyl (C=O) groups is 1. The van der Waals surface area contributed by atoms with Crippen LogP contribution in [0.25, 0.3) is 0 Å². The van der Waals surface area contributed by atoms with E-state index >= 15 is 0 Å².